The van der Waals surface area contributed by atoms with Crippen LogP contribution in [-0.2, 0) is 0 Å². The first-order valence-corrected chi connectivity index (χ1v) is 7.02. The zero-order valence-electron chi connectivity index (χ0n) is 12.5. The van der Waals surface area contributed by atoms with E-state index in [4.69, 9.17) is 0 Å². The molecule has 0 amide bonds. The van der Waals surface area contributed by atoms with Crippen molar-refractivity contribution in [2.24, 2.45) is 10.9 Å². The van der Waals surface area contributed by atoms with Crippen molar-refractivity contribution in [3.05, 3.63) is 0 Å². The van der Waals surface area contributed by atoms with Crippen LogP contribution in [0.25, 0.3) is 0 Å². The van der Waals surface area contributed by atoms with Crippen LogP contribution in [0.4, 0.5) is 13.2 Å². The fourth-order valence-electron chi connectivity index (χ4n) is 2.46. The van der Waals surface area contributed by atoms with Crippen LogP contribution in [0, 0.1) is 5.92 Å². The SMILES string of the molecule is CN=C(NCCN(C)CC(F)(F)F)N1CCCC(C)C1. The Balaban J connectivity index is 2.31. The number of likely N-dealkylation sites (N-methyl/N-ethyl adjacent to an activating group) is 1. The van der Waals surface area contributed by atoms with E-state index in [2.05, 4.69) is 22.1 Å². The van der Waals surface area contributed by atoms with Gasteiger partial charge in [-0.25, -0.2) is 0 Å². The molecule has 0 aliphatic carbocycles. The second-order valence-electron chi connectivity index (χ2n) is 5.52. The monoisotopic (exact) mass is 294 g/mol. The van der Waals surface area contributed by atoms with Crippen molar-refractivity contribution >= 4 is 5.96 Å². The molecule has 0 aromatic carbocycles. The average Bonchev–Trinajstić information content (AvgIpc) is 2.32. The lowest BCUT2D eigenvalue weighted by molar-refractivity contribution is -0.142. The quantitative estimate of drug-likeness (QED) is 0.633. The molecule has 7 heteroatoms. The summed E-state index contributed by atoms with van der Waals surface area (Å²) in [6, 6.07) is 0. The summed E-state index contributed by atoms with van der Waals surface area (Å²) in [5.41, 5.74) is 0. The Morgan fingerprint density at radius 1 is 1.45 bits per heavy atom. The van der Waals surface area contributed by atoms with Crippen molar-refractivity contribution < 1.29 is 13.2 Å². The number of nitrogens with zero attached hydrogens (tertiary/aromatic N) is 3. The first-order chi connectivity index (χ1) is 9.31. The van der Waals surface area contributed by atoms with Crippen molar-refractivity contribution in [2.75, 3.05) is 46.8 Å². The molecule has 118 valence electrons. The molecule has 1 heterocycles. The van der Waals surface area contributed by atoms with Crippen LogP contribution in [0.15, 0.2) is 4.99 Å². The van der Waals surface area contributed by atoms with E-state index < -0.39 is 12.7 Å². The molecule has 0 radical (unpaired) electrons. The van der Waals surface area contributed by atoms with Gasteiger partial charge < -0.3 is 10.2 Å². The Bertz CT molecular complexity index is 317. The Morgan fingerprint density at radius 3 is 2.70 bits per heavy atom. The molecule has 1 N–H and O–H groups in total. The van der Waals surface area contributed by atoms with E-state index in [1.165, 1.54) is 18.4 Å². The summed E-state index contributed by atoms with van der Waals surface area (Å²) in [5.74, 6) is 1.42. The zero-order valence-corrected chi connectivity index (χ0v) is 12.5. The minimum Gasteiger partial charge on any atom is -0.355 e. The van der Waals surface area contributed by atoms with E-state index in [1.54, 1.807) is 7.05 Å². The molecule has 0 saturated carbocycles. The second kappa shape index (κ2) is 7.71. The highest BCUT2D eigenvalue weighted by molar-refractivity contribution is 5.79. The summed E-state index contributed by atoms with van der Waals surface area (Å²) in [6.45, 7) is 4.04. The fourth-order valence-corrected chi connectivity index (χ4v) is 2.46. The third-order valence-corrected chi connectivity index (χ3v) is 3.39. The Labute approximate surface area is 119 Å². The van der Waals surface area contributed by atoms with E-state index in [9.17, 15) is 13.2 Å². The topological polar surface area (TPSA) is 30.9 Å². The molecule has 1 aliphatic heterocycles. The summed E-state index contributed by atoms with van der Waals surface area (Å²) in [6.07, 6.45) is -1.78. The number of hydrogen-bond donors (Lipinski definition) is 1. The minimum absolute atomic E-state index is 0.335. The van der Waals surface area contributed by atoms with Gasteiger partial charge in [-0.05, 0) is 25.8 Å². The Hall–Kier alpha value is -0.980. The minimum atomic E-state index is -4.14. The Kier molecular flexibility index (Phi) is 6.58. The van der Waals surface area contributed by atoms with Gasteiger partial charge in [0.05, 0.1) is 6.54 Å². The number of piperidine rings is 1. The number of halogens is 3. The van der Waals surface area contributed by atoms with Crippen molar-refractivity contribution in [3.8, 4) is 0 Å². The third kappa shape index (κ3) is 6.45. The van der Waals surface area contributed by atoms with Gasteiger partial charge in [-0.3, -0.25) is 9.89 Å². The van der Waals surface area contributed by atoms with Gasteiger partial charge >= 0.3 is 6.18 Å². The molecule has 1 aliphatic rings. The van der Waals surface area contributed by atoms with Gasteiger partial charge in [-0.15, -0.1) is 0 Å². The van der Waals surface area contributed by atoms with Gasteiger partial charge in [0.2, 0.25) is 0 Å². The van der Waals surface area contributed by atoms with Gasteiger partial charge in [-0.2, -0.15) is 13.2 Å². The highest BCUT2D eigenvalue weighted by Gasteiger charge is 2.29. The first kappa shape index (κ1) is 17.1. The zero-order chi connectivity index (χ0) is 15.2. The van der Waals surface area contributed by atoms with Crippen LogP contribution in [0.1, 0.15) is 19.8 Å². The normalized spacial score (nSPS) is 21.4. The highest BCUT2D eigenvalue weighted by atomic mass is 19.4. The van der Waals surface area contributed by atoms with E-state index in [-0.39, 0.29) is 0 Å². The van der Waals surface area contributed by atoms with Gasteiger partial charge in [0.25, 0.3) is 0 Å². The molecule has 0 aromatic rings. The van der Waals surface area contributed by atoms with Crippen LogP contribution in [0.2, 0.25) is 0 Å². The first-order valence-electron chi connectivity index (χ1n) is 7.02. The van der Waals surface area contributed by atoms with Crippen LogP contribution < -0.4 is 5.32 Å². The standard InChI is InChI=1S/C13H25F3N4/c1-11-5-4-7-20(9-11)12(17-2)18-6-8-19(3)10-13(14,15)16/h11H,4-10H2,1-3H3,(H,17,18). The molecular weight excluding hydrogens is 269 g/mol. The maximum absolute atomic E-state index is 12.2. The number of rotatable bonds is 4. The maximum atomic E-state index is 12.2. The fraction of sp³-hybridized carbons (Fsp3) is 0.923. The van der Waals surface area contributed by atoms with E-state index in [0.717, 1.165) is 25.5 Å². The lowest BCUT2D eigenvalue weighted by atomic mass is 10.0. The molecule has 0 aromatic heterocycles. The maximum Gasteiger partial charge on any atom is 0.401 e. The molecular formula is C13H25F3N4. The molecule has 1 rings (SSSR count). The van der Waals surface area contributed by atoms with E-state index in [1.807, 2.05) is 0 Å². The van der Waals surface area contributed by atoms with Gasteiger partial charge in [0.1, 0.15) is 0 Å². The molecule has 20 heavy (non-hydrogen) atoms. The predicted octanol–water partition coefficient (Wildman–Crippen LogP) is 1.79. The molecule has 4 nitrogen and oxygen atoms in total. The Morgan fingerprint density at radius 2 is 2.15 bits per heavy atom. The molecule has 0 spiro atoms. The number of alkyl halides is 3. The number of nitrogens with one attached hydrogen (secondary N) is 1. The van der Waals surface area contributed by atoms with Gasteiger partial charge in [0.15, 0.2) is 5.96 Å². The summed E-state index contributed by atoms with van der Waals surface area (Å²) < 4.78 is 36.6. The summed E-state index contributed by atoms with van der Waals surface area (Å²) >= 11 is 0. The van der Waals surface area contributed by atoms with Crippen molar-refractivity contribution in [2.45, 2.75) is 25.9 Å². The van der Waals surface area contributed by atoms with Gasteiger partial charge in [-0.1, -0.05) is 6.92 Å². The number of guanidine groups is 1. The molecule has 1 saturated heterocycles. The molecule has 1 fully saturated rings. The largest absolute Gasteiger partial charge is 0.401 e. The van der Waals surface area contributed by atoms with Crippen molar-refractivity contribution in [1.82, 2.24) is 15.1 Å². The van der Waals surface area contributed by atoms with Crippen LogP contribution in [-0.4, -0.2) is 68.8 Å². The van der Waals surface area contributed by atoms with E-state index >= 15 is 0 Å². The molecule has 0 bridgehead atoms. The van der Waals surface area contributed by atoms with Crippen molar-refractivity contribution in [1.29, 1.82) is 0 Å². The summed E-state index contributed by atoms with van der Waals surface area (Å²) in [5, 5.41) is 3.14. The average molecular weight is 294 g/mol. The molecule has 1 unspecified atom stereocenters. The van der Waals surface area contributed by atoms with Crippen LogP contribution in [0.5, 0.6) is 0 Å². The predicted molar refractivity (Wildman–Crippen MR) is 74.9 cm³/mol. The number of aliphatic imine (C=N–C) groups is 1. The number of likely N-dealkylation sites (tertiary alicyclic amines) is 1. The lowest BCUT2D eigenvalue weighted by Gasteiger charge is -2.33. The smallest absolute Gasteiger partial charge is 0.355 e. The lowest BCUT2D eigenvalue weighted by Crippen LogP contribution is -2.48. The number of hydrogen-bond acceptors (Lipinski definition) is 2. The summed E-state index contributed by atoms with van der Waals surface area (Å²) in [4.78, 5) is 7.65. The second-order valence-corrected chi connectivity index (χ2v) is 5.52. The van der Waals surface area contributed by atoms with Crippen LogP contribution in [0.3, 0.4) is 0 Å². The van der Waals surface area contributed by atoms with Gasteiger partial charge in [0, 0.05) is 33.2 Å². The van der Waals surface area contributed by atoms with E-state index in [0.29, 0.717) is 19.0 Å². The summed E-state index contributed by atoms with van der Waals surface area (Å²) in [7, 11) is 3.18. The third-order valence-electron chi connectivity index (χ3n) is 3.39. The van der Waals surface area contributed by atoms with Crippen LogP contribution >= 0.6 is 0 Å². The molecule has 1 atom stereocenters. The highest BCUT2D eigenvalue weighted by Crippen LogP contribution is 2.16. The van der Waals surface area contributed by atoms with Crippen molar-refractivity contribution in [3.63, 3.8) is 0 Å².